The van der Waals surface area contributed by atoms with Crippen molar-refractivity contribution in [2.45, 2.75) is 65.2 Å². The van der Waals surface area contributed by atoms with E-state index in [1.165, 1.54) is 31.0 Å². The highest BCUT2D eigenvalue weighted by Crippen LogP contribution is 2.48. The van der Waals surface area contributed by atoms with Crippen LogP contribution in [0.5, 0.6) is 11.5 Å². The van der Waals surface area contributed by atoms with Crippen LogP contribution in [0.25, 0.3) is 11.6 Å². The van der Waals surface area contributed by atoms with Gasteiger partial charge in [-0.25, -0.2) is 4.79 Å². The van der Waals surface area contributed by atoms with E-state index in [-0.39, 0.29) is 17.9 Å². The summed E-state index contributed by atoms with van der Waals surface area (Å²) in [5.41, 5.74) is 2.96. The van der Waals surface area contributed by atoms with Crippen LogP contribution in [-0.2, 0) is 23.9 Å². The molecule has 0 spiro atoms. The number of rotatable bonds is 23. The number of amides is 1. The number of esters is 1. The van der Waals surface area contributed by atoms with Crippen molar-refractivity contribution in [3.63, 3.8) is 0 Å². The number of unbranched alkanes of at least 4 members (excludes halogenated alkanes) is 6. The maximum absolute atomic E-state index is 13.1. The Morgan fingerprint density at radius 1 is 0.702 bits per heavy atom. The minimum absolute atomic E-state index is 0.128. The first-order valence-corrected chi connectivity index (χ1v) is 19.3. The molecule has 0 aliphatic heterocycles. The van der Waals surface area contributed by atoms with E-state index in [1.54, 1.807) is 7.05 Å². The molecule has 4 N–H and O–H groups in total. The summed E-state index contributed by atoms with van der Waals surface area (Å²) in [6, 6.07) is 21.8. The lowest BCUT2D eigenvalue weighted by Gasteiger charge is -2.45. The van der Waals surface area contributed by atoms with Gasteiger partial charge in [-0.3, -0.25) is 19.2 Å². The number of ether oxygens (including phenoxy) is 3. The van der Waals surface area contributed by atoms with Gasteiger partial charge in [0.15, 0.2) is 0 Å². The second kappa shape index (κ2) is 21.8. The lowest BCUT2D eigenvalue weighted by atomic mass is 9.55. The SMILES string of the molecule is CCCCCCOc1ccc(/C(C#N)=C/c2ccc(OCCCCCCOC(=O)c3cc(NC)cc(NC(=O)C4C(C(=O)O)C(C(C)=O)C4C(=O)O)c3)cc2)cc1. The molecule has 1 saturated carbocycles. The van der Waals surface area contributed by atoms with Gasteiger partial charge in [0.1, 0.15) is 17.3 Å². The smallest absolute Gasteiger partial charge is 0.338 e. The maximum atomic E-state index is 13.1. The Labute approximate surface area is 333 Å². The van der Waals surface area contributed by atoms with E-state index in [0.717, 1.165) is 61.7 Å². The predicted octanol–water partition coefficient (Wildman–Crippen LogP) is 7.72. The number of hydrogen-bond donors (Lipinski definition) is 4. The van der Waals surface area contributed by atoms with Crippen LogP contribution >= 0.6 is 0 Å². The normalized spacial score (nSPS) is 17.3. The van der Waals surface area contributed by atoms with Crippen molar-refractivity contribution in [3.05, 3.63) is 83.4 Å². The van der Waals surface area contributed by atoms with Crippen molar-refractivity contribution in [2.24, 2.45) is 23.7 Å². The van der Waals surface area contributed by atoms with E-state index < -0.39 is 53.3 Å². The molecule has 302 valence electrons. The number of carboxylic acids is 2. The molecule has 3 aromatic carbocycles. The number of aliphatic carboxylic acids is 2. The van der Waals surface area contributed by atoms with Gasteiger partial charge in [-0.1, -0.05) is 38.3 Å². The van der Waals surface area contributed by atoms with Crippen molar-refractivity contribution >= 4 is 52.6 Å². The van der Waals surface area contributed by atoms with Gasteiger partial charge in [0.2, 0.25) is 5.91 Å². The lowest BCUT2D eigenvalue weighted by molar-refractivity contribution is -0.178. The fraction of sp³-hybridized carbons (Fsp3) is 0.409. The second-order valence-corrected chi connectivity index (χ2v) is 14.0. The number of Topliss-reactive ketones (excluding diaryl/α,β-unsaturated/α-hetero) is 1. The summed E-state index contributed by atoms with van der Waals surface area (Å²) in [5.74, 6) is -9.22. The van der Waals surface area contributed by atoms with E-state index in [2.05, 4.69) is 23.6 Å². The van der Waals surface area contributed by atoms with Gasteiger partial charge in [-0.2, -0.15) is 5.26 Å². The fourth-order valence-electron chi connectivity index (χ4n) is 6.83. The van der Waals surface area contributed by atoms with Crippen LogP contribution in [0, 0.1) is 35.0 Å². The van der Waals surface area contributed by atoms with Gasteiger partial charge in [-0.15, -0.1) is 0 Å². The van der Waals surface area contributed by atoms with Crippen molar-refractivity contribution in [3.8, 4) is 17.6 Å². The van der Waals surface area contributed by atoms with Crippen LogP contribution in [0.3, 0.4) is 0 Å². The molecule has 0 bridgehead atoms. The number of nitriles is 1. The molecule has 13 heteroatoms. The topological polar surface area (TPSA) is 201 Å². The highest BCUT2D eigenvalue weighted by molar-refractivity contribution is 6.04. The Hall–Kier alpha value is -6.16. The predicted molar refractivity (Wildman–Crippen MR) is 215 cm³/mol. The molecule has 1 aliphatic carbocycles. The Morgan fingerprint density at radius 3 is 1.77 bits per heavy atom. The number of allylic oxidation sites excluding steroid dienone is 1. The molecule has 57 heavy (non-hydrogen) atoms. The molecule has 1 fully saturated rings. The molecule has 0 aromatic heterocycles. The van der Waals surface area contributed by atoms with Crippen LogP contribution in [0.1, 0.15) is 86.7 Å². The summed E-state index contributed by atoms with van der Waals surface area (Å²) in [6.07, 6.45) is 9.45. The quantitative estimate of drug-likeness (QED) is 0.0316. The monoisotopic (exact) mass is 781 g/mol. The summed E-state index contributed by atoms with van der Waals surface area (Å²) in [5, 5.41) is 34.4. The van der Waals surface area contributed by atoms with Crippen molar-refractivity contribution in [1.29, 1.82) is 5.26 Å². The van der Waals surface area contributed by atoms with Crippen LogP contribution < -0.4 is 20.1 Å². The van der Waals surface area contributed by atoms with Crippen molar-refractivity contribution < 1.29 is 48.4 Å². The van der Waals surface area contributed by atoms with Crippen molar-refractivity contribution in [2.75, 3.05) is 37.5 Å². The molecule has 2 unspecified atom stereocenters. The highest BCUT2D eigenvalue weighted by atomic mass is 16.5. The Balaban J connectivity index is 1.18. The van der Waals surface area contributed by atoms with Crippen LogP contribution in [0.2, 0.25) is 0 Å². The third-order valence-corrected chi connectivity index (χ3v) is 9.90. The molecule has 1 amide bonds. The summed E-state index contributed by atoms with van der Waals surface area (Å²) in [4.78, 5) is 61.7. The zero-order chi connectivity index (χ0) is 41.3. The largest absolute Gasteiger partial charge is 0.494 e. The number of nitrogens with zero attached hydrogens (tertiary/aromatic N) is 1. The number of hydrogen-bond acceptors (Lipinski definition) is 10. The van der Waals surface area contributed by atoms with Gasteiger partial charge in [-0.05, 0) is 111 Å². The molecule has 3 aromatic rings. The highest BCUT2D eigenvalue weighted by Gasteiger charge is 2.62. The van der Waals surface area contributed by atoms with E-state index in [0.29, 0.717) is 30.9 Å². The zero-order valence-electron chi connectivity index (χ0n) is 32.6. The lowest BCUT2D eigenvalue weighted by Crippen LogP contribution is -2.60. The second-order valence-electron chi connectivity index (χ2n) is 14.0. The summed E-state index contributed by atoms with van der Waals surface area (Å²) in [6.45, 7) is 4.64. The average molecular weight is 782 g/mol. The zero-order valence-corrected chi connectivity index (χ0v) is 32.6. The molecule has 13 nitrogen and oxygen atoms in total. The Bertz CT molecular complexity index is 1910. The standard InChI is InChI=1S/C44H51N3O10/c1-4-5-6-9-20-56-36-18-14-30(15-19-36)32(27-45)23-29-12-16-35(17-13-29)55-21-10-7-8-11-22-57-44(54)31-24-33(46-3)26-34(25-31)47-41(49)38-39(42(50)51)37(28(2)48)40(38)43(52)53/h12-19,23-26,37-40,46H,4-11,20-22H2,1-3H3,(H,47,49)(H,50,51)(H,52,53)/b32-23+. The molecular formula is C44H51N3O10. The molecule has 0 saturated heterocycles. The Kier molecular flexibility index (Phi) is 16.7. The summed E-state index contributed by atoms with van der Waals surface area (Å²) < 4.78 is 17.2. The minimum atomic E-state index is -1.48. The number of benzene rings is 3. The number of carbonyl (C=O) groups excluding carboxylic acids is 3. The summed E-state index contributed by atoms with van der Waals surface area (Å²) in [7, 11) is 1.61. The van der Waals surface area contributed by atoms with E-state index >= 15 is 0 Å². The van der Waals surface area contributed by atoms with Gasteiger partial charge >= 0.3 is 17.9 Å². The first kappa shape index (κ1) is 43.6. The average Bonchev–Trinajstić information content (AvgIpc) is 3.17. The number of nitrogens with one attached hydrogen (secondary N) is 2. The number of ketones is 1. The van der Waals surface area contributed by atoms with Gasteiger partial charge in [0.25, 0.3) is 0 Å². The Morgan fingerprint density at radius 2 is 1.25 bits per heavy atom. The van der Waals surface area contributed by atoms with Crippen LogP contribution in [0.15, 0.2) is 66.7 Å². The molecular weight excluding hydrogens is 730 g/mol. The van der Waals surface area contributed by atoms with Crippen molar-refractivity contribution in [1.82, 2.24) is 0 Å². The maximum Gasteiger partial charge on any atom is 0.338 e. The first-order valence-electron chi connectivity index (χ1n) is 19.3. The molecule has 0 radical (unpaired) electrons. The molecule has 4 rings (SSSR count). The van der Waals surface area contributed by atoms with Crippen LogP contribution in [0.4, 0.5) is 11.4 Å². The van der Waals surface area contributed by atoms with E-state index in [4.69, 9.17) is 14.2 Å². The third kappa shape index (κ3) is 12.4. The minimum Gasteiger partial charge on any atom is -0.494 e. The molecule has 0 heterocycles. The first-order chi connectivity index (χ1) is 27.5. The molecule has 2 atom stereocenters. The third-order valence-electron chi connectivity index (χ3n) is 9.90. The van der Waals surface area contributed by atoms with Gasteiger partial charge in [0.05, 0.1) is 54.8 Å². The molecule has 1 aliphatic rings. The fourth-order valence-corrected chi connectivity index (χ4v) is 6.83. The van der Waals surface area contributed by atoms with Crippen LogP contribution in [-0.4, -0.2) is 66.7 Å². The number of anilines is 2. The number of carbonyl (C=O) groups is 5. The number of carboxylic acid groups (broad SMARTS) is 2. The summed E-state index contributed by atoms with van der Waals surface area (Å²) >= 11 is 0. The van der Waals surface area contributed by atoms with Gasteiger partial charge < -0.3 is 35.1 Å². The van der Waals surface area contributed by atoms with Gasteiger partial charge in [0, 0.05) is 24.3 Å². The van der Waals surface area contributed by atoms with E-state index in [1.807, 2.05) is 54.6 Å². The van der Waals surface area contributed by atoms with E-state index in [9.17, 15) is 39.4 Å².